The predicted molar refractivity (Wildman–Crippen MR) is 254 cm³/mol. The maximum Gasteiger partial charge on any atom is 0.327 e. The van der Waals surface area contributed by atoms with E-state index in [0.29, 0.717) is 31.0 Å². The summed E-state index contributed by atoms with van der Waals surface area (Å²) in [5.74, 6) is -2.51. The Morgan fingerprint density at radius 3 is 2.34 bits per heavy atom. The fourth-order valence-corrected chi connectivity index (χ4v) is 11.4. The molecular formula is C54H75N3O11. The second kappa shape index (κ2) is 21.4. The van der Waals surface area contributed by atoms with Gasteiger partial charge in [0, 0.05) is 39.2 Å². The minimum absolute atomic E-state index is 0.0254. The van der Waals surface area contributed by atoms with Gasteiger partial charge in [0.25, 0.3) is 0 Å². The Balaban J connectivity index is 1.13. The van der Waals surface area contributed by atoms with Crippen LogP contribution in [0.4, 0.5) is 0 Å². The third-order valence-corrected chi connectivity index (χ3v) is 15.0. The number of aliphatic hydroxyl groups excluding tert-OH is 1. The third-order valence-electron chi connectivity index (χ3n) is 15.0. The average molecular weight is 942 g/mol. The van der Waals surface area contributed by atoms with Crippen LogP contribution in [0.1, 0.15) is 141 Å². The highest BCUT2D eigenvalue weighted by atomic mass is 16.8. The number of unbranched alkanes of at least 4 members (excludes halogenated alkanes) is 4. The van der Waals surface area contributed by atoms with Crippen LogP contribution in [0, 0.1) is 11.3 Å². The number of amides is 2. The largest absolute Gasteiger partial charge is 0.460 e. The first kappa shape index (κ1) is 50.2. The van der Waals surface area contributed by atoms with Crippen LogP contribution in [-0.4, -0.2) is 119 Å². The van der Waals surface area contributed by atoms with E-state index in [0.717, 1.165) is 74.5 Å². The van der Waals surface area contributed by atoms with E-state index in [4.69, 9.17) is 28.5 Å². The molecule has 14 nitrogen and oxygen atoms in total. The summed E-state index contributed by atoms with van der Waals surface area (Å²) < 4.78 is 31.9. The molecule has 68 heavy (non-hydrogen) atoms. The van der Waals surface area contributed by atoms with E-state index in [9.17, 15) is 19.5 Å². The van der Waals surface area contributed by atoms with Crippen molar-refractivity contribution in [2.45, 2.75) is 204 Å². The lowest BCUT2D eigenvalue weighted by Crippen LogP contribution is -2.70. The zero-order valence-electron chi connectivity index (χ0n) is 41.1. The minimum atomic E-state index is -1.53. The maximum atomic E-state index is 16.0. The van der Waals surface area contributed by atoms with Gasteiger partial charge in [0.05, 0.1) is 31.4 Å². The zero-order chi connectivity index (χ0) is 48.2. The van der Waals surface area contributed by atoms with Crippen molar-refractivity contribution in [1.29, 1.82) is 0 Å². The molecule has 0 spiro atoms. The molecule has 4 saturated heterocycles. The lowest BCUT2D eigenvalue weighted by molar-refractivity contribution is -0.225. The molecule has 8 rings (SSSR count). The Labute approximate surface area is 402 Å². The molecule has 4 heterocycles. The summed E-state index contributed by atoms with van der Waals surface area (Å²) in [6.45, 7) is 9.42. The number of carbonyl (C=O) groups is 4. The monoisotopic (exact) mass is 942 g/mol. The molecule has 2 bridgehead atoms. The number of ether oxygens (including phenoxy) is 5. The van der Waals surface area contributed by atoms with Crippen molar-refractivity contribution in [3.8, 4) is 0 Å². The number of aliphatic hydroxyl groups is 1. The van der Waals surface area contributed by atoms with E-state index in [1.807, 2.05) is 48.5 Å². The van der Waals surface area contributed by atoms with Gasteiger partial charge in [-0.05, 0) is 81.9 Å². The second-order valence-electron chi connectivity index (χ2n) is 21.2. The van der Waals surface area contributed by atoms with Gasteiger partial charge < -0.3 is 39.0 Å². The lowest BCUT2D eigenvalue weighted by Gasteiger charge is -2.50. The minimum Gasteiger partial charge on any atom is -0.460 e. The molecular weight excluding hydrogens is 867 g/mol. The molecule has 2 aromatic rings. The van der Waals surface area contributed by atoms with Crippen molar-refractivity contribution >= 4 is 29.8 Å². The van der Waals surface area contributed by atoms with Crippen LogP contribution in [-0.2, 0) is 60.7 Å². The number of rotatable bonds is 22. The number of hydrogen-bond donors (Lipinski definition) is 2. The van der Waals surface area contributed by atoms with E-state index in [2.05, 4.69) is 37.4 Å². The first-order valence-corrected chi connectivity index (χ1v) is 25.5. The molecule has 2 amide bonds. The fraction of sp³-hybridized carbons (Fsp3) is 0.667. The number of hydroxylamine groups is 2. The molecule has 2 aromatic carbocycles. The van der Waals surface area contributed by atoms with Crippen molar-refractivity contribution < 1.29 is 52.8 Å². The Bertz CT molecular complexity index is 2100. The van der Waals surface area contributed by atoms with Crippen LogP contribution < -0.4 is 5.32 Å². The normalized spacial score (nSPS) is 30.0. The Morgan fingerprint density at radius 1 is 0.941 bits per heavy atom. The van der Waals surface area contributed by atoms with Gasteiger partial charge in [-0.25, -0.2) is 0 Å². The molecule has 2 N–H and O–H groups in total. The Kier molecular flexibility index (Phi) is 15.8. The standard InChI is InChI=1S/C54H75N3O11/c1-7-9-16-28-53(29-17-10-8-2)66-45-43-32-54(51(62)56(6)40(30-35-18-12-11-13-19-35)49(60)55-39(34-58)25-27-44(59)65-52(3,4)5)47(50(61)64-43)57(68-48(54)46(45)67-53)33-38-21-15-14-20-37(38)24-22-36-23-26-41-42(31-36)63-41/h11-15,18-22,24,36,39-43,45-48,58H,7-10,16-17,23,25-34H2,1-6H3,(H,55,60)/t36?,39-,40+,41?,42?,43?,45-,46-,47-,48+,54?/m0/s1. The quantitative estimate of drug-likeness (QED) is 0.0685. The summed E-state index contributed by atoms with van der Waals surface area (Å²) in [4.78, 5) is 66.7. The van der Waals surface area contributed by atoms with Gasteiger partial charge >= 0.3 is 11.9 Å². The van der Waals surface area contributed by atoms with E-state index in [1.165, 1.54) is 4.90 Å². The van der Waals surface area contributed by atoms with E-state index in [1.54, 1.807) is 32.9 Å². The van der Waals surface area contributed by atoms with Crippen LogP contribution in [0.5, 0.6) is 0 Å². The third kappa shape index (κ3) is 11.1. The first-order chi connectivity index (χ1) is 32.7. The Morgan fingerprint density at radius 2 is 1.65 bits per heavy atom. The molecule has 6 aliphatic rings. The molecule has 2 saturated carbocycles. The number of esters is 2. The number of nitrogens with zero attached hydrogens (tertiary/aromatic N) is 2. The van der Waals surface area contributed by atoms with Crippen molar-refractivity contribution in [3.05, 3.63) is 77.4 Å². The molecule has 372 valence electrons. The lowest BCUT2D eigenvalue weighted by atomic mass is 9.62. The number of carbonyl (C=O) groups excluding carboxylic acids is 4. The van der Waals surface area contributed by atoms with Crippen LogP contribution in [0.3, 0.4) is 0 Å². The van der Waals surface area contributed by atoms with Crippen molar-refractivity contribution in [2.75, 3.05) is 13.7 Å². The zero-order valence-corrected chi connectivity index (χ0v) is 41.1. The van der Waals surface area contributed by atoms with Crippen molar-refractivity contribution in [2.24, 2.45) is 11.3 Å². The maximum absolute atomic E-state index is 16.0. The number of likely N-dealkylation sites (N-methyl/N-ethyl adjacent to an activating group) is 1. The second-order valence-corrected chi connectivity index (χ2v) is 21.2. The number of hydrogen-bond acceptors (Lipinski definition) is 12. The molecule has 0 radical (unpaired) electrons. The van der Waals surface area contributed by atoms with Crippen molar-refractivity contribution in [1.82, 2.24) is 15.3 Å². The van der Waals surface area contributed by atoms with Gasteiger partial charge in [0.15, 0.2) is 11.8 Å². The first-order valence-electron chi connectivity index (χ1n) is 25.5. The highest BCUT2D eigenvalue weighted by Crippen LogP contribution is 2.59. The number of fused-ring (bicyclic) bond motifs is 5. The number of epoxide rings is 1. The summed E-state index contributed by atoms with van der Waals surface area (Å²) in [6, 6.07) is 14.4. The summed E-state index contributed by atoms with van der Waals surface area (Å²) in [5, 5.41) is 15.0. The molecule has 0 aromatic heterocycles. The summed E-state index contributed by atoms with van der Waals surface area (Å²) in [6.07, 6.45) is 12.7. The number of benzene rings is 2. The Hall–Kier alpha value is -4.18. The van der Waals surface area contributed by atoms with Crippen LogP contribution in [0.15, 0.2) is 60.7 Å². The smallest absolute Gasteiger partial charge is 0.327 e. The summed E-state index contributed by atoms with van der Waals surface area (Å²) in [5.41, 5.74) is 0.494. The molecule has 4 aliphatic heterocycles. The van der Waals surface area contributed by atoms with E-state index in [-0.39, 0.29) is 32.2 Å². The topological polar surface area (TPSA) is 166 Å². The molecule has 2 aliphatic carbocycles. The van der Waals surface area contributed by atoms with Gasteiger partial charge in [-0.2, -0.15) is 5.06 Å². The van der Waals surface area contributed by atoms with Gasteiger partial charge in [-0.1, -0.05) is 106 Å². The number of allylic oxidation sites excluding steroid dienone is 1. The molecule has 11 atom stereocenters. The van der Waals surface area contributed by atoms with E-state index >= 15 is 4.79 Å². The van der Waals surface area contributed by atoms with Gasteiger partial charge in [0.1, 0.15) is 41.5 Å². The SMILES string of the molecule is CCCCCC1(CCCCC)O[C@@H]2[C@H]3ON(Cc4ccccc4C=CC4CCC5OC5C4)[C@H]4C(=O)OC(CC34C(=O)N(C)[C@H](Cc3ccccc3)C(=O)N[C@H](CO)CCC(=O)OC(C)(C)C)[C@@H]2O1. The molecule has 5 unspecified atom stereocenters. The van der Waals surface area contributed by atoms with E-state index < -0.39 is 89.7 Å². The average Bonchev–Trinajstić information content (AvgIpc) is 3.86. The van der Waals surface area contributed by atoms with Gasteiger partial charge in [0.2, 0.25) is 11.8 Å². The van der Waals surface area contributed by atoms with Crippen LogP contribution >= 0.6 is 0 Å². The highest BCUT2D eigenvalue weighted by Gasteiger charge is 2.77. The summed E-state index contributed by atoms with van der Waals surface area (Å²) in [7, 11) is 1.61. The van der Waals surface area contributed by atoms with Crippen LogP contribution in [0.2, 0.25) is 0 Å². The van der Waals surface area contributed by atoms with Crippen molar-refractivity contribution in [3.63, 3.8) is 0 Å². The highest BCUT2D eigenvalue weighted by molar-refractivity contribution is 5.96. The fourth-order valence-electron chi connectivity index (χ4n) is 11.4. The van der Waals surface area contributed by atoms with Crippen LogP contribution in [0.25, 0.3) is 6.08 Å². The summed E-state index contributed by atoms with van der Waals surface area (Å²) >= 11 is 0. The molecule has 6 fully saturated rings. The molecule has 14 heteroatoms. The van der Waals surface area contributed by atoms with Gasteiger partial charge in [-0.15, -0.1) is 0 Å². The number of nitrogens with one attached hydrogen (secondary N) is 1. The van der Waals surface area contributed by atoms with Gasteiger partial charge in [-0.3, -0.25) is 24.0 Å². The predicted octanol–water partition coefficient (Wildman–Crippen LogP) is 7.38.